The van der Waals surface area contributed by atoms with Crippen LogP contribution in [0.5, 0.6) is 0 Å². The lowest BCUT2D eigenvalue weighted by atomic mass is 10.2. The molecule has 1 saturated heterocycles. The van der Waals surface area contributed by atoms with Crippen molar-refractivity contribution in [3.63, 3.8) is 0 Å². The fourth-order valence-electron chi connectivity index (χ4n) is 3.31. The van der Waals surface area contributed by atoms with E-state index in [9.17, 15) is 0 Å². The van der Waals surface area contributed by atoms with Crippen LogP contribution in [-0.4, -0.2) is 36.1 Å². The van der Waals surface area contributed by atoms with Crippen molar-refractivity contribution in [2.24, 2.45) is 0 Å². The standard InChI is InChI=1S/C21H23N3O/c1-17-6-5-9-20(14-17)24-12-10-23(11-13-24)15-19-16-25-21(22-19)18-7-3-2-4-8-18/h2-9,14,16H,10-13,15H2,1H3. The molecule has 0 atom stereocenters. The Hall–Kier alpha value is -2.59. The van der Waals surface area contributed by atoms with Gasteiger partial charge in [0.25, 0.3) is 0 Å². The fraction of sp³-hybridized carbons (Fsp3) is 0.286. The largest absolute Gasteiger partial charge is 0.444 e. The lowest BCUT2D eigenvalue weighted by Crippen LogP contribution is -2.46. The van der Waals surface area contributed by atoms with Gasteiger partial charge >= 0.3 is 0 Å². The van der Waals surface area contributed by atoms with Crippen LogP contribution in [0.2, 0.25) is 0 Å². The van der Waals surface area contributed by atoms with Crippen LogP contribution in [0.4, 0.5) is 5.69 Å². The number of piperazine rings is 1. The number of anilines is 1. The quantitative estimate of drug-likeness (QED) is 0.723. The van der Waals surface area contributed by atoms with Crippen molar-refractivity contribution in [2.75, 3.05) is 31.1 Å². The molecule has 0 spiro atoms. The molecule has 1 fully saturated rings. The minimum atomic E-state index is 0.703. The summed E-state index contributed by atoms with van der Waals surface area (Å²) in [7, 11) is 0. The zero-order chi connectivity index (χ0) is 17.1. The van der Waals surface area contributed by atoms with Gasteiger partial charge < -0.3 is 9.32 Å². The van der Waals surface area contributed by atoms with Crippen LogP contribution in [0, 0.1) is 6.92 Å². The predicted octanol–water partition coefficient (Wildman–Crippen LogP) is 3.97. The van der Waals surface area contributed by atoms with Crippen molar-refractivity contribution in [1.29, 1.82) is 0 Å². The second kappa shape index (κ2) is 7.11. The van der Waals surface area contributed by atoms with Gasteiger partial charge in [0.2, 0.25) is 5.89 Å². The number of benzene rings is 2. The van der Waals surface area contributed by atoms with E-state index >= 15 is 0 Å². The molecule has 128 valence electrons. The highest BCUT2D eigenvalue weighted by atomic mass is 16.3. The molecule has 4 rings (SSSR count). The van der Waals surface area contributed by atoms with Crippen LogP contribution in [0.15, 0.2) is 65.3 Å². The second-order valence-corrected chi connectivity index (χ2v) is 6.61. The second-order valence-electron chi connectivity index (χ2n) is 6.61. The van der Waals surface area contributed by atoms with Crippen molar-refractivity contribution in [3.05, 3.63) is 72.1 Å². The van der Waals surface area contributed by atoms with Gasteiger partial charge in [0, 0.05) is 44.0 Å². The molecule has 0 radical (unpaired) electrons. The van der Waals surface area contributed by atoms with Crippen LogP contribution in [0.25, 0.3) is 11.5 Å². The van der Waals surface area contributed by atoms with E-state index in [-0.39, 0.29) is 0 Å². The van der Waals surface area contributed by atoms with Gasteiger partial charge in [0.1, 0.15) is 6.26 Å². The molecule has 0 N–H and O–H groups in total. The maximum atomic E-state index is 5.65. The van der Waals surface area contributed by atoms with Crippen molar-refractivity contribution < 1.29 is 4.42 Å². The van der Waals surface area contributed by atoms with E-state index in [1.54, 1.807) is 6.26 Å². The number of hydrogen-bond acceptors (Lipinski definition) is 4. The molecule has 0 amide bonds. The van der Waals surface area contributed by atoms with Crippen molar-refractivity contribution in [1.82, 2.24) is 9.88 Å². The fourth-order valence-corrected chi connectivity index (χ4v) is 3.31. The number of nitrogens with zero attached hydrogens (tertiary/aromatic N) is 3. The maximum absolute atomic E-state index is 5.65. The van der Waals surface area contributed by atoms with Crippen molar-refractivity contribution in [3.8, 4) is 11.5 Å². The topological polar surface area (TPSA) is 32.5 Å². The van der Waals surface area contributed by atoms with Gasteiger partial charge in [-0.3, -0.25) is 4.90 Å². The van der Waals surface area contributed by atoms with Crippen LogP contribution in [0.3, 0.4) is 0 Å². The summed E-state index contributed by atoms with van der Waals surface area (Å²) in [6.07, 6.45) is 1.79. The summed E-state index contributed by atoms with van der Waals surface area (Å²) in [6.45, 7) is 7.18. The molecule has 1 aliphatic heterocycles. The third-order valence-electron chi connectivity index (χ3n) is 4.70. The maximum Gasteiger partial charge on any atom is 0.226 e. The summed E-state index contributed by atoms with van der Waals surface area (Å²) < 4.78 is 5.65. The SMILES string of the molecule is Cc1cccc(N2CCN(Cc3coc(-c4ccccc4)n3)CC2)c1. The van der Waals surface area contributed by atoms with E-state index in [0.717, 1.165) is 44.0 Å². The molecule has 4 heteroatoms. The molecule has 1 aliphatic rings. The zero-order valence-corrected chi connectivity index (χ0v) is 14.6. The van der Waals surface area contributed by atoms with Gasteiger partial charge in [0.05, 0.1) is 5.69 Å². The van der Waals surface area contributed by atoms with Crippen LogP contribution in [0.1, 0.15) is 11.3 Å². The molecule has 4 nitrogen and oxygen atoms in total. The predicted molar refractivity (Wildman–Crippen MR) is 101 cm³/mol. The lowest BCUT2D eigenvalue weighted by molar-refractivity contribution is 0.247. The number of hydrogen-bond donors (Lipinski definition) is 0. The molecule has 2 heterocycles. The Morgan fingerprint density at radius 3 is 2.52 bits per heavy atom. The molecule has 0 bridgehead atoms. The first-order chi connectivity index (χ1) is 12.3. The van der Waals surface area contributed by atoms with Gasteiger partial charge in [-0.2, -0.15) is 0 Å². The summed E-state index contributed by atoms with van der Waals surface area (Å²) in [5.41, 5.74) is 4.67. The first-order valence-electron chi connectivity index (χ1n) is 8.82. The molecule has 3 aromatic rings. The molecular weight excluding hydrogens is 310 g/mol. The van der Waals surface area contributed by atoms with Gasteiger partial charge in [-0.1, -0.05) is 30.3 Å². The van der Waals surface area contributed by atoms with Gasteiger partial charge in [0.15, 0.2) is 0 Å². The molecule has 2 aromatic carbocycles. The van der Waals surface area contributed by atoms with E-state index in [4.69, 9.17) is 4.42 Å². The number of aromatic nitrogens is 1. The van der Waals surface area contributed by atoms with Gasteiger partial charge in [-0.25, -0.2) is 4.98 Å². The van der Waals surface area contributed by atoms with E-state index in [1.165, 1.54) is 11.3 Å². The van der Waals surface area contributed by atoms with Gasteiger partial charge in [-0.05, 0) is 36.8 Å². The first-order valence-corrected chi connectivity index (χ1v) is 8.82. The number of oxazole rings is 1. The number of aryl methyl sites for hydroxylation is 1. The van der Waals surface area contributed by atoms with E-state index in [1.807, 2.05) is 30.3 Å². The molecule has 25 heavy (non-hydrogen) atoms. The Balaban J connectivity index is 1.35. The smallest absolute Gasteiger partial charge is 0.226 e. The van der Waals surface area contributed by atoms with Crippen LogP contribution < -0.4 is 4.90 Å². The average Bonchev–Trinajstić information content (AvgIpc) is 3.12. The van der Waals surface area contributed by atoms with Gasteiger partial charge in [-0.15, -0.1) is 0 Å². The Morgan fingerprint density at radius 2 is 1.76 bits per heavy atom. The molecule has 0 unspecified atom stereocenters. The highest BCUT2D eigenvalue weighted by Gasteiger charge is 2.18. The van der Waals surface area contributed by atoms with E-state index in [0.29, 0.717) is 5.89 Å². The third-order valence-corrected chi connectivity index (χ3v) is 4.70. The minimum absolute atomic E-state index is 0.703. The normalized spacial score (nSPS) is 15.5. The summed E-state index contributed by atoms with van der Waals surface area (Å²) in [4.78, 5) is 9.54. The summed E-state index contributed by atoms with van der Waals surface area (Å²) in [6, 6.07) is 18.8. The lowest BCUT2D eigenvalue weighted by Gasteiger charge is -2.35. The summed E-state index contributed by atoms with van der Waals surface area (Å²) >= 11 is 0. The van der Waals surface area contributed by atoms with Crippen LogP contribution >= 0.6 is 0 Å². The Kier molecular flexibility index (Phi) is 4.53. The number of rotatable bonds is 4. The highest BCUT2D eigenvalue weighted by molar-refractivity contribution is 5.52. The van der Waals surface area contributed by atoms with Crippen molar-refractivity contribution >= 4 is 5.69 Å². The first kappa shape index (κ1) is 15.9. The Bertz CT molecular complexity index is 820. The van der Waals surface area contributed by atoms with Crippen molar-refractivity contribution in [2.45, 2.75) is 13.5 Å². The molecule has 0 aliphatic carbocycles. The Morgan fingerprint density at radius 1 is 0.960 bits per heavy atom. The monoisotopic (exact) mass is 333 g/mol. The van der Waals surface area contributed by atoms with E-state index < -0.39 is 0 Å². The molecular formula is C21H23N3O. The molecule has 0 saturated carbocycles. The molecule has 1 aromatic heterocycles. The third kappa shape index (κ3) is 3.74. The Labute approximate surface area is 148 Å². The van der Waals surface area contributed by atoms with E-state index in [2.05, 4.69) is 46.0 Å². The highest BCUT2D eigenvalue weighted by Crippen LogP contribution is 2.21. The average molecular weight is 333 g/mol. The zero-order valence-electron chi connectivity index (χ0n) is 14.6. The summed E-state index contributed by atoms with van der Waals surface area (Å²) in [5.74, 6) is 0.703. The minimum Gasteiger partial charge on any atom is -0.444 e. The summed E-state index contributed by atoms with van der Waals surface area (Å²) in [5, 5.41) is 0. The van der Waals surface area contributed by atoms with Crippen LogP contribution in [-0.2, 0) is 6.54 Å².